The van der Waals surface area contributed by atoms with E-state index in [2.05, 4.69) is 16.0 Å². The highest BCUT2D eigenvalue weighted by atomic mass is 16.4. The molecule has 0 radical (unpaired) electrons. The smallest absolute Gasteiger partial charge is 0.326 e. The molecular formula is C33H40N4O8. The molecule has 45 heavy (non-hydrogen) atoms. The van der Waals surface area contributed by atoms with Gasteiger partial charge in [-0.1, -0.05) is 50.2 Å². The Labute approximate surface area is 261 Å². The third-order valence-electron chi connectivity index (χ3n) is 7.07. The van der Waals surface area contributed by atoms with Crippen molar-refractivity contribution >= 4 is 23.7 Å². The van der Waals surface area contributed by atoms with Crippen LogP contribution in [0, 0.1) is 5.92 Å². The zero-order valence-corrected chi connectivity index (χ0v) is 25.1. The van der Waals surface area contributed by atoms with E-state index in [9.17, 15) is 39.6 Å². The van der Waals surface area contributed by atoms with Gasteiger partial charge in [-0.15, -0.1) is 0 Å². The summed E-state index contributed by atoms with van der Waals surface area (Å²) in [6, 6.07) is 13.2. The number of amides is 3. The summed E-state index contributed by atoms with van der Waals surface area (Å²) in [6.07, 6.45) is 0.242. The fraction of sp³-hybridized carbons (Fsp3) is 0.333. The van der Waals surface area contributed by atoms with E-state index in [1.807, 2.05) is 13.8 Å². The summed E-state index contributed by atoms with van der Waals surface area (Å²) < 4.78 is 0. The van der Waals surface area contributed by atoms with Gasteiger partial charge in [-0.25, -0.2) is 4.79 Å². The van der Waals surface area contributed by atoms with Crippen molar-refractivity contribution in [1.29, 1.82) is 0 Å². The average Bonchev–Trinajstić information content (AvgIpc) is 2.98. The number of carboxylic acids is 1. The van der Waals surface area contributed by atoms with Gasteiger partial charge in [-0.3, -0.25) is 14.4 Å². The minimum atomic E-state index is -1.36. The van der Waals surface area contributed by atoms with Crippen molar-refractivity contribution in [1.82, 2.24) is 16.0 Å². The predicted molar refractivity (Wildman–Crippen MR) is 166 cm³/mol. The number of phenolic OH excluding ortho intramolecular Hbond substituents is 3. The van der Waals surface area contributed by atoms with Crippen molar-refractivity contribution < 1.29 is 39.6 Å². The number of aliphatic carboxylic acids is 1. The number of carbonyl (C=O) groups excluding carboxylic acids is 3. The van der Waals surface area contributed by atoms with Crippen molar-refractivity contribution in [2.75, 3.05) is 0 Å². The van der Waals surface area contributed by atoms with Crippen LogP contribution in [0.2, 0.25) is 0 Å². The second kappa shape index (κ2) is 16.1. The monoisotopic (exact) mass is 620 g/mol. The second-order valence-electron chi connectivity index (χ2n) is 11.4. The Morgan fingerprint density at radius 1 is 0.578 bits per heavy atom. The molecule has 0 fully saturated rings. The molecule has 4 atom stereocenters. The molecule has 3 rings (SSSR count). The highest BCUT2D eigenvalue weighted by Gasteiger charge is 2.31. The van der Waals surface area contributed by atoms with Gasteiger partial charge in [-0.05, 0) is 65.4 Å². The van der Waals surface area contributed by atoms with Gasteiger partial charge in [-0.2, -0.15) is 0 Å². The maximum Gasteiger partial charge on any atom is 0.326 e. The molecule has 0 heterocycles. The Hall–Kier alpha value is -5.10. The molecule has 0 aliphatic heterocycles. The molecule has 0 saturated heterocycles. The first-order chi connectivity index (χ1) is 21.3. The zero-order valence-electron chi connectivity index (χ0n) is 25.1. The molecule has 240 valence electrons. The highest BCUT2D eigenvalue weighted by molar-refractivity contribution is 5.94. The lowest BCUT2D eigenvalue weighted by molar-refractivity contribution is -0.142. The van der Waals surface area contributed by atoms with Gasteiger partial charge in [0.1, 0.15) is 35.4 Å². The van der Waals surface area contributed by atoms with E-state index >= 15 is 0 Å². The van der Waals surface area contributed by atoms with E-state index in [-0.39, 0.29) is 42.4 Å². The van der Waals surface area contributed by atoms with Crippen molar-refractivity contribution in [3.8, 4) is 17.2 Å². The lowest BCUT2D eigenvalue weighted by atomic mass is 10.00. The summed E-state index contributed by atoms with van der Waals surface area (Å²) >= 11 is 0. The quantitative estimate of drug-likeness (QED) is 0.124. The fourth-order valence-electron chi connectivity index (χ4n) is 4.66. The highest BCUT2D eigenvalue weighted by Crippen LogP contribution is 2.15. The Morgan fingerprint density at radius 3 is 1.22 bits per heavy atom. The first-order valence-electron chi connectivity index (χ1n) is 14.5. The van der Waals surface area contributed by atoms with E-state index in [0.717, 1.165) is 0 Å². The number of carbonyl (C=O) groups is 4. The number of hydrogen-bond acceptors (Lipinski definition) is 8. The van der Waals surface area contributed by atoms with Gasteiger partial charge < -0.3 is 42.1 Å². The number of carboxylic acid groups (broad SMARTS) is 1. The van der Waals surface area contributed by atoms with E-state index in [4.69, 9.17) is 5.73 Å². The van der Waals surface area contributed by atoms with Crippen LogP contribution in [0.1, 0.15) is 37.0 Å². The van der Waals surface area contributed by atoms with Gasteiger partial charge in [0.15, 0.2) is 0 Å². The number of hydrogen-bond donors (Lipinski definition) is 8. The Morgan fingerprint density at radius 2 is 0.889 bits per heavy atom. The Bertz CT molecular complexity index is 1440. The third-order valence-corrected chi connectivity index (χ3v) is 7.07. The maximum atomic E-state index is 13.7. The molecule has 9 N–H and O–H groups in total. The molecule has 0 aliphatic rings. The van der Waals surface area contributed by atoms with Crippen LogP contribution in [-0.4, -0.2) is 68.3 Å². The molecule has 3 amide bonds. The molecule has 4 unspecified atom stereocenters. The number of phenols is 3. The molecule has 3 aromatic rings. The van der Waals surface area contributed by atoms with Gasteiger partial charge >= 0.3 is 5.97 Å². The van der Waals surface area contributed by atoms with E-state index in [1.165, 1.54) is 48.5 Å². The first kappa shape index (κ1) is 34.4. The standard InChI is InChI=1S/C33H40N4O8/c1-19(2)15-26(34)30(41)35-27(16-20-3-9-23(38)10-4-20)31(42)36-28(17-21-5-11-24(39)12-6-21)32(43)37-29(33(44)45)18-22-7-13-25(40)14-8-22/h3-14,19,26-29,38-40H,15-18,34H2,1-2H3,(H,35,41)(H,36,42)(H,37,43)(H,44,45). The summed E-state index contributed by atoms with van der Waals surface area (Å²) in [4.78, 5) is 52.3. The van der Waals surface area contributed by atoms with Crippen LogP contribution in [0.15, 0.2) is 72.8 Å². The lowest BCUT2D eigenvalue weighted by Crippen LogP contribution is -2.58. The van der Waals surface area contributed by atoms with Crippen LogP contribution >= 0.6 is 0 Å². The molecule has 0 aliphatic carbocycles. The minimum Gasteiger partial charge on any atom is -0.508 e. The molecule has 0 aromatic heterocycles. The Balaban J connectivity index is 1.87. The van der Waals surface area contributed by atoms with Gasteiger partial charge in [0.05, 0.1) is 6.04 Å². The van der Waals surface area contributed by atoms with Crippen molar-refractivity contribution in [2.24, 2.45) is 11.7 Å². The molecule has 3 aromatic carbocycles. The van der Waals surface area contributed by atoms with Crippen LogP contribution < -0.4 is 21.7 Å². The van der Waals surface area contributed by atoms with E-state index < -0.39 is 47.9 Å². The number of aromatic hydroxyl groups is 3. The molecule has 0 saturated carbocycles. The van der Waals surface area contributed by atoms with Crippen LogP contribution in [-0.2, 0) is 38.4 Å². The second-order valence-corrected chi connectivity index (χ2v) is 11.4. The van der Waals surface area contributed by atoms with Gasteiger partial charge in [0.2, 0.25) is 17.7 Å². The van der Waals surface area contributed by atoms with Crippen molar-refractivity contribution in [2.45, 2.75) is 63.7 Å². The van der Waals surface area contributed by atoms with E-state index in [0.29, 0.717) is 23.1 Å². The molecule has 0 spiro atoms. The number of rotatable bonds is 15. The lowest BCUT2D eigenvalue weighted by Gasteiger charge is -2.26. The van der Waals surface area contributed by atoms with E-state index in [1.54, 1.807) is 24.3 Å². The molecular weight excluding hydrogens is 580 g/mol. The largest absolute Gasteiger partial charge is 0.508 e. The normalized spacial score (nSPS) is 13.7. The SMILES string of the molecule is CC(C)CC(N)C(=O)NC(Cc1ccc(O)cc1)C(=O)NC(Cc1ccc(O)cc1)C(=O)NC(Cc1ccc(O)cc1)C(=O)O. The molecule has 0 bridgehead atoms. The number of nitrogens with two attached hydrogens (primary N) is 1. The summed E-state index contributed by atoms with van der Waals surface area (Å²) in [7, 11) is 0. The minimum absolute atomic E-state index is 0.00182. The third kappa shape index (κ3) is 11.2. The predicted octanol–water partition coefficient (Wildman–Crippen LogP) is 1.74. The van der Waals surface area contributed by atoms with Gasteiger partial charge in [0.25, 0.3) is 0 Å². The van der Waals surface area contributed by atoms with Crippen LogP contribution in [0.25, 0.3) is 0 Å². The molecule has 12 heteroatoms. The maximum absolute atomic E-state index is 13.7. The zero-order chi connectivity index (χ0) is 33.1. The fourth-order valence-corrected chi connectivity index (χ4v) is 4.66. The van der Waals surface area contributed by atoms with Crippen molar-refractivity contribution in [3.05, 3.63) is 89.5 Å². The van der Waals surface area contributed by atoms with Crippen LogP contribution in [0.4, 0.5) is 0 Å². The topological polar surface area (TPSA) is 211 Å². The number of nitrogens with one attached hydrogen (secondary N) is 3. The van der Waals surface area contributed by atoms with Gasteiger partial charge in [0, 0.05) is 19.3 Å². The average molecular weight is 621 g/mol. The summed E-state index contributed by atoms with van der Waals surface area (Å²) in [5.74, 6) is -3.20. The van der Waals surface area contributed by atoms with Crippen molar-refractivity contribution in [3.63, 3.8) is 0 Å². The first-order valence-corrected chi connectivity index (χ1v) is 14.5. The number of benzene rings is 3. The summed E-state index contributed by atoms with van der Waals surface area (Å²) in [6.45, 7) is 3.82. The van der Waals surface area contributed by atoms with Crippen LogP contribution in [0.3, 0.4) is 0 Å². The Kier molecular flexibility index (Phi) is 12.3. The molecule has 12 nitrogen and oxygen atoms in total. The summed E-state index contributed by atoms with van der Waals surface area (Å²) in [5.41, 5.74) is 7.80. The van der Waals surface area contributed by atoms with Crippen LogP contribution in [0.5, 0.6) is 17.2 Å². The summed E-state index contributed by atoms with van der Waals surface area (Å²) in [5, 5.41) is 46.6.